The number of Topliss-reactive ketones (excluding diaryl/α,β-unsaturated/α-hetero) is 1. The molecule has 1 aromatic carbocycles. The van der Waals surface area contributed by atoms with E-state index in [0.717, 1.165) is 0 Å². The van der Waals surface area contributed by atoms with E-state index in [1.807, 2.05) is 0 Å². The molecule has 3 heterocycles. The highest BCUT2D eigenvalue weighted by Gasteiger charge is 2.49. The summed E-state index contributed by atoms with van der Waals surface area (Å²) in [6.07, 6.45) is -6.81. The Labute approximate surface area is 178 Å². The molecule has 0 radical (unpaired) electrons. The van der Waals surface area contributed by atoms with E-state index in [2.05, 4.69) is 20.3 Å². The Bertz CT molecular complexity index is 1150. The Hall–Kier alpha value is -3.42. The van der Waals surface area contributed by atoms with Gasteiger partial charge < -0.3 is 20.9 Å². The van der Waals surface area contributed by atoms with Gasteiger partial charge in [0, 0.05) is 12.0 Å². The van der Waals surface area contributed by atoms with Gasteiger partial charge in [0.1, 0.15) is 24.7 Å². The molecule has 2 aromatic heterocycles. The van der Waals surface area contributed by atoms with Crippen LogP contribution in [0.4, 0.5) is 19.0 Å². The number of nitrogens with two attached hydrogens (primary N) is 1. The highest BCUT2D eigenvalue weighted by molar-refractivity contribution is 6.06. The Morgan fingerprint density at radius 2 is 1.94 bits per heavy atom. The number of nitrogens with one attached hydrogen (secondary N) is 1. The molecule has 0 bridgehead atoms. The van der Waals surface area contributed by atoms with Gasteiger partial charge in [0.25, 0.3) is 11.7 Å². The Balaban J connectivity index is 1.57. The van der Waals surface area contributed by atoms with Crippen LogP contribution in [0.15, 0.2) is 43.0 Å². The molecule has 4 rings (SSSR count). The zero-order valence-electron chi connectivity index (χ0n) is 16.2. The van der Waals surface area contributed by atoms with Crippen LogP contribution in [-0.2, 0) is 9.53 Å². The fourth-order valence-electron chi connectivity index (χ4n) is 3.43. The number of carbonyl (C=O) groups is 2. The summed E-state index contributed by atoms with van der Waals surface area (Å²) in [7, 11) is 0. The van der Waals surface area contributed by atoms with Crippen molar-refractivity contribution in [2.45, 2.75) is 37.1 Å². The Morgan fingerprint density at radius 1 is 1.22 bits per heavy atom. The van der Waals surface area contributed by atoms with Crippen LogP contribution >= 0.6 is 0 Å². The van der Waals surface area contributed by atoms with Gasteiger partial charge in [-0.2, -0.15) is 13.2 Å². The van der Waals surface area contributed by atoms with E-state index >= 15 is 0 Å². The highest BCUT2D eigenvalue weighted by Crippen LogP contribution is 2.34. The second kappa shape index (κ2) is 8.26. The van der Waals surface area contributed by atoms with Gasteiger partial charge in [0.15, 0.2) is 17.0 Å². The summed E-state index contributed by atoms with van der Waals surface area (Å²) in [5, 5.41) is 12.8. The fraction of sp³-hybridized carbons (Fsp3) is 0.316. The molecule has 4 atom stereocenters. The number of hydrogen-bond acceptors (Lipinski definition) is 8. The molecule has 0 aliphatic carbocycles. The van der Waals surface area contributed by atoms with E-state index in [0.29, 0.717) is 5.56 Å². The summed E-state index contributed by atoms with van der Waals surface area (Å²) in [5.74, 6) is -2.50. The van der Waals surface area contributed by atoms with Crippen molar-refractivity contribution >= 4 is 28.7 Å². The van der Waals surface area contributed by atoms with Gasteiger partial charge in [0.2, 0.25) is 0 Å². The van der Waals surface area contributed by atoms with E-state index in [1.54, 1.807) is 30.3 Å². The number of anilines is 1. The van der Waals surface area contributed by atoms with Crippen molar-refractivity contribution in [1.29, 1.82) is 0 Å². The quantitative estimate of drug-likeness (QED) is 0.526. The van der Waals surface area contributed by atoms with E-state index in [4.69, 9.17) is 10.5 Å². The molecule has 168 valence electrons. The first-order chi connectivity index (χ1) is 15.2. The maximum Gasteiger partial charge on any atom is 0.451 e. The number of ether oxygens (including phenoxy) is 1. The number of alkyl halides is 3. The maximum atomic E-state index is 12.7. The van der Waals surface area contributed by atoms with Crippen molar-refractivity contribution in [2.75, 3.05) is 5.32 Å². The van der Waals surface area contributed by atoms with Crippen LogP contribution in [-0.4, -0.2) is 60.7 Å². The molecule has 1 saturated heterocycles. The number of rotatable bonds is 5. The van der Waals surface area contributed by atoms with Crippen LogP contribution in [0.2, 0.25) is 0 Å². The number of nitrogens with zero attached hydrogens (tertiary/aromatic N) is 4. The molecular formula is C19H17F3N6O4. The highest BCUT2D eigenvalue weighted by atomic mass is 19.4. The minimum absolute atomic E-state index is 0.113. The summed E-state index contributed by atoms with van der Waals surface area (Å²) >= 11 is 0. The van der Waals surface area contributed by atoms with Gasteiger partial charge in [0.05, 0.1) is 12.4 Å². The molecule has 2 unspecified atom stereocenters. The molecule has 13 heteroatoms. The smallest absolute Gasteiger partial charge is 0.390 e. The minimum atomic E-state index is -5.15. The number of ketones is 1. The number of aliphatic hydroxyl groups is 1. The monoisotopic (exact) mass is 450 g/mol. The van der Waals surface area contributed by atoms with Crippen LogP contribution < -0.4 is 11.1 Å². The Morgan fingerprint density at radius 3 is 2.62 bits per heavy atom. The lowest BCUT2D eigenvalue weighted by Crippen LogP contribution is -2.51. The summed E-state index contributed by atoms with van der Waals surface area (Å²) in [6, 6.07) is 6.32. The van der Waals surface area contributed by atoms with Gasteiger partial charge in [-0.1, -0.05) is 18.2 Å². The summed E-state index contributed by atoms with van der Waals surface area (Å²) in [4.78, 5) is 36.1. The van der Waals surface area contributed by atoms with Crippen LogP contribution in [0.25, 0.3) is 11.2 Å². The molecule has 0 spiro atoms. The zero-order valence-corrected chi connectivity index (χ0v) is 16.2. The van der Waals surface area contributed by atoms with Gasteiger partial charge in [-0.05, 0) is 12.1 Å². The molecule has 1 aliphatic heterocycles. The lowest BCUT2D eigenvalue weighted by Gasteiger charge is -2.22. The normalized spacial score (nSPS) is 22.1. The number of halogens is 3. The van der Waals surface area contributed by atoms with Crippen molar-refractivity contribution in [2.24, 2.45) is 5.73 Å². The molecule has 1 fully saturated rings. The topological polar surface area (TPSA) is 145 Å². The van der Waals surface area contributed by atoms with Gasteiger partial charge in [-0.25, -0.2) is 15.0 Å². The molecule has 0 saturated carbocycles. The molecule has 10 nitrogen and oxygen atoms in total. The van der Waals surface area contributed by atoms with Crippen molar-refractivity contribution in [3.05, 3.63) is 48.5 Å². The lowest BCUT2D eigenvalue weighted by molar-refractivity contribution is -0.177. The average Bonchev–Trinajstić information content (AvgIpc) is 3.36. The number of carbonyl (C=O) groups excluding carboxylic acids is 2. The van der Waals surface area contributed by atoms with Crippen LogP contribution in [0.5, 0.6) is 0 Å². The SMILES string of the molecule is NC(C(=O)C(F)(F)F)[C@H]1O[C@@H](n2cnc3c(NC(=O)c4ccccc4)ncnc32)CC1O. The predicted molar refractivity (Wildman–Crippen MR) is 103 cm³/mol. The number of imidazole rings is 1. The second-order valence-electron chi connectivity index (χ2n) is 7.11. The molecule has 3 aromatic rings. The van der Waals surface area contributed by atoms with Crippen LogP contribution in [0.1, 0.15) is 23.0 Å². The standard InChI is InChI=1S/C19H17F3N6O4/c20-19(21,22)15(30)12(23)14-10(29)6-11(32-14)28-8-26-13-16(24-7-25-17(13)28)27-18(31)9-4-2-1-3-5-9/h1-5,7-8,10-12,14,29H,6,23H2,(H,24,25,27,31)/t10?,11-,12?,14+/m1/s1. The molecule has 4 N–H and O–H groups in total. The summed E-state index contributed by atoms with van der Waals surface area (Å²) < 4.78 is 44.9. The summed E-state index contributed by atoms with van der Waals surface area (Å²) in [5.41, 5.74) is 6.21. The third-order valence-electron chi connectivity index (χ3n) is 5.01. The second-order valence-corrected chi connectivity index (χ2v) is 7.11. The van der Waals surface area contributed by atoms with Crippen molar-refractivity contribution in [3.63, 3.8) is 0 Å². The number of hydrogen-bond donors (Lipinski definition) is 3. The molecule has 32 heavy (non-hydrogen) atoms. The van der Waals surface area contributed by atoms with Crippen molar-refractivity contribution in [1.82, 2.24) is 19.5 Å². The number of aromatic nitrogens is 4. The van der Waals surface area contributed by atoms with Gasteiger partial charge in [-0.15, -0.1) is 0 Å². The first-order valence-corrected chi connectivity index (χ1v) is 9.41. The van der Waals surface area contributed by atoms with Crippen molar-refractivity contribution < 1.29 is 32.6 Å². The largest absolute Gasteiger partial charge is 0.451 e. The third kappa shape index (κ3) is 4.04. The minimum Gasteiger partial charge on any atom is -0.390 e. The van der Waals surface area contributed by atoms with E-state index in [9.17, 15) is 27.9 Å². The summed E-state index contributed by atoms with van der Waals surface area (Å²) in [6.45, 7) is 0. The lowest BCUT2D eigenvalue weighted by atomic mass is 10.0. The first-order valence-electron chi connectivity index (χ1n) is 9.41. The van der Waals surface area contributed by atoms with Crippen LogP contribution in [0.3, 0.4) is 0 Å². The number of amides is 1. The molecular weight excluding hydrogens is 433 g/mol. The van der Waals surface area contributed by atoms with Gasteiger partial charge >= 0.3 is 6.18 Å². The van der Waals surface area contributed by atoms with Crippen LogP contribution in [0, 0.1) is 0 Å². The third-order valence-corrected chi connectivity index (χ3v) is 5.01. The Kier molecular flexibility index (Phi) is 5.62. The first kappa shape index (κ1) is 21.8. The van der Waals surface area contributed by atoms with E-state index < -0.39 is 42.3 Å². The predicted octanol–water partition coefficient (Wildman–Crippen LogP) is 1.19. The molecule has 1 aliphatic rings. The maximum absolute atomic E-state index is 12.7. The van der Waals surface area contributed by atoms with Crippen molar-refractivity contribution in [3.8, 4) is 0 Å². The van der Waals surface area contributed by atoms with E-state index in [-0.39, 0.29) is 23.4 Å². The number of aliphatic hydroxyl groups excluding tert-OH is 1. The van der Waals surface area contributed by atoms with Gasteiger partial charge in [-0.3, -0.25) is 14.2 Å². The van der Waals surface area contributed by atoms with E-state index in [1.165, 1.54) is 17.2 Å². The fourth-order valence-corrected chi connectivity index (χ4v) is 3.43. The number of benzene rings is 1. The average molecular weight is 450 g/mol. The molecule has 1 amide bonds. The zero-order chi connectivity index (χ0) is 23.0. The number of fused-ring (bicyclic) bond motifs is 1.